The van der Waals surface area contributed by atoms with Crippen LogP contribution in [0.5, 0.6) is 0 Å². The minimum atomic E-state index is -1.10. The number of carboxylic acid groups (broad SMARTS) is 1. The average Bonchev–Trinajstić information content (AvgIpc) is 3.30. The molecule has 3 amide bonds. The molecule has 3 N–H and O–H groups in total. The molecule has 1 saturated heterocycles. The maximum absolute atomic E-state index is 12.8. The van der Waals surface area contributed by atoms with Gasteiger partial charge in [-0.1, -0.05) is 49.4 Å². The Kier molecular flexibility index (Phi) is 9.60. The van der Waals surface area contributed by atoms with Crippen molar-refractivity contribution in [3.8, 4) is 0 Å². The Bertz CT molecular complexity index is 1050. The number of carbonyl (C=O) groups excluding carboxylic acids is 3. The quantitative estimate of drug-likeness (QED) is 0.424. The monoisotopic (exact) mass is 482 g/mol. The second-order valence-electron chi connectivity index (χ2n) is 8.89. The van der Waals surface area contributed by atoms with Crippen molar-refractivity contribution in [3.05, 3.63) is 48.0 Å². The van der Waals surface area contributed by atoms with Crippen LogP contribution in [0.4, 0.5) is 0 Å². The molecule has 9 heteroatoms. The molecule has 0 aromatic heterocycles. The zero-order valence-corrected chi connectivity index (χ0v) is 20.2. The van der Waals surface area contributed by atoms with Crippen molar-refractivity contribution >= 4 is 34.5 Å². The summed E-state index contributed by atoms with van der Waals surface area (Å²) in [6, 6.07) is 14.0. The fourth-order valence-corrected chi connectivity index (χ4v) is 4.53. The Morgan fingerprint density at radius 1 is 1.03 bits per heavy atom. The molecule has 0 aliphatic carbocycles. The molecule has 1 unspecified atom stereocenters. The summed E-state index contributed by atoms with van der Waals surface area (Å²) in [5.41, 5.74) is 1.05. The van der Waals surface area contributed by atoms with Crippen LogP contribution >= 0.6 is 0 Å². The third kappa shape index (κ3) is 7.78. The lowest BCUT2D eigenvalue weighted by Gasteiger charge is -2.31. The summed E-state index contributed by atoms with van der Waals surface area (Å²) in [6.07, 6.45) is 2.77. The van der Waals surface area contributed by atoms with E-state index in [4.69, 9.17) is 5.11 Å². The number of likely N-dealkylation sites (tertiary alicyclic amines) is 1. The number of nitrogens with zero attached hydrogens (tertiary/aromatic N) is 2. The molecule has 0 spiro atoms. The molecule has 9 nitrogen and oxygen atoms in total. The van der Waals surface area contributed by atoms with Crippen molar-refractivity contribution < 1.29 is 24.3 Å². The lowest BCUT2D eigenvalue weighted by atomic mass is 10.0. The van der Waals surface area contributed by atoms with Crippen LogP contribution in [0.1, 0.15) is 38.2 Å². The molecule has 1 aliphatic heterocycles. The van der Waals surface area contributed by atoms with E-state index in [1.54, 1.807) is 4.90 Å². The van der Waals surface area contributed by atoms with Gasteiger partial charge >= 0.3 is 5.97 Å². The first-order chi connectivity index (χ1) is 16.9. The molecule has 1 fully saturated rings. The molecule has 0 radical (unpaired) electrons. The van der Waals surface area contributed by atoms with Gasteiger partial charge in [0, 0.05) is 32.1 Å². The van der Waals surface area contributed by atoms with E-state index in [0.717, 1.165) is 35.6 Å². The van der Waals surface area contributed by atoms with Crippen molar-refractivity contribution in [2.75, 3.05) is 32.7 Å². The highest BCUT2D eigenvalue weighted by atomic mass is 16.4. The van der Waals surface area contributed by atoms with Gasteiger partial charge in [0.15, 0.2) is 0 Å². The van der Waals surface area contributed by atoms with Gasteiger partial charge < -0.3 is 20.6 Å². The smallest absolute Gasteiger partial charge is 0.322 e. The maximum atomic E-state index is 12.8. The molecule has 1 aliphatic rings. The van der Waals surface area contributed by atoms with Crippen LogP contribution in [0.3, 0.4) is 0 Å². The molecule has 2 aromatic rings. The minimum Gasteiger partial charge on any atom is -0.480 e. The summed E-state index contributed by atoms with van der Waals surface area (Å²) in [7, 11) is 0. The highest BCUT2D eigenvalue weighted by molar-refractivity contribution is 5.86. The zero-order valence-electron chi connectivity index (χ0n) is 20.2. The Labute approximate surface area is 205 Å². The SMILES string of the molecule is CCCC(=O)NCC(=O)N1CCCC1CN(CC(=O)NCC(=O)O)Cc1cccc2ccccc12. The largest absolute Gasteiger partial charge is 0.480 e. The predicted octanol–water partition coefficient (Wildman–Crippen LogP) is 1.75. The van der Waals surface area contributed by atoms with Gasteiger partial charge in [0.05, 0.1) is 13.1 Å². The summed E-state index contributed by atoms with van der Waals surface area (Å²) in [5.74, 6) is -1.74. The molecule has 0 saturated carbocycles. The number of aliphatic carboxylic acids is 1. The minimum absolute atomic E-state index is 0.0161. The molecule has 2 aromatic carbocycles. The standard InChI is InChI=1S/C26H34N4O5/c1-2-7-23(31)27-14-25(33)30-13-6-11-21(30)17-29(18-24(32)28-15-26(34)35)16-20-10-5-9-19-8-3-4-12-22(19)20/h3-5,8-10,12,21H,2,6-7,11,13-18H2,1H3,(H,27,31)(H,28,32)(H,34,35). The predicted molar refractivity (Wildman–Crippen MR) is 133 cm³/mol. The number of rotatable bonds is 12. The van der Waals surface area contributed by atoms with Crippen LogP contribution in [-0.4, -0.2) is 77.4 Å². The van der Waals surface area contributed by atoms with Crippen molar-refractivity contribution in [2.45, 2.75) is 45.2 Å². The topological polar surface area (TPSA) is 119 Å². The van der Waals surface area contributed by atoms with Gasteiger partial charge in [-0.25, -0.2) is 0 Å². The van der Waals surface area contributed by atoms with Gasteiger partial charge in [0.1, 0.15) is 6.54 Å². The van der Waals surface area contributed by atoms with Crippen LogP contribution in [0.15, 0.2) is 42.5 Å². The van der Waals surface area contributed by atoms with E-state index in [9.17, 15) is 19.2 Å². The summed E-state index contributed by atoms with van der Waals surface area (Å²) in [4.78, 5) is 51.7. The van der Waals surface area contributed by atoms with Crippen LogP contribution in [-0.2, 0) is 25.7 Å². The average molecular weight is 483 g/mol. The number of amides is 3. The van der Waals surface area contributed by atoms with E-state index in [1.165, 1.54) is 0 Å². The molecule has 188 valence electrons. The van der Waals surface area contributed by atoms with Crippen LogP contribution in [0, 0.1) is 0 Å². The van der Waals surface area contributed by atoms with E-state index in [2.05, 4.69) is 10.6 Å². The lowest BCUT2D eigenvalue weighted by molar-refractivity contribution is -0.138. The normalized spacial score (nSPS) is 15.4. The third-order valence-electron chi connectivity index (χ3n) is 6.16. The highest BCUT2D eigenvalue weighted by Crippen LogP contribution is 2.23. The van der Waals surface area contributed by atoms with Crippen molar-refractivity contribution in [1.29, 1.82) is 0 Å². The summed E-state index contributed by atoms with van der Waals surface area (Å²) < 4.78 is 0. The molecule has 3 rings (SSSR count). The number of hydrogen-bond acceptors (Lipinski definition) is 5. The molecule has 0 bridgehead atoms. The summed E-state index contributed by atoms with van der Waals surface area (Å²) in [6.45, 7) is 3.02. The van der Waals surface area contributed by atoms with Crippen molar-refractivity contribution in [1.82, 2.24) is 20.4 Å². The van der Waals surface area contributed by atoms with Gasteiger partial charge in [0.2, 0.25) is 17.7 Å². The fraction of sp³-hybridized carbons (Fsp3) is 0.462. The Morgan fingerprint density at radius 3 is 2.54 bits per heavy atom. The van der Waals surface area contributed by atoms with Crippen LogP contribution in [0.2, 0.25) is 0 Å². The number of carboxylic acids is 1. The van der Waals surface area contributed by atoms with Crippen LogP contribution < -0.4 is 10.6 Å². The summed E-state index contributed by atoms with van der Waals surface area (Å²) >= 11 is 0. The Hall–Kier alpha value is -3.46. The van der Waals surface area contributed by atoms with E-state index in [1.807, 2.05) is 54.3 Å². The molecule has 1 atom stereocenters. The molecular weight excluding hydrogens is 448 g/mol. The number of hydrogen-bond donors (Lipinski definition) is 3. The Morgan fingerprint density at radius 2 is 1.77 bits per heavy atom. The first-order valence-electron chi connectivity index (χ1n) is 12.1. The first kappa shape index (κ1) is 26.2. The molecule has 35 heavy (non-hydrogen) atoms. The van der Waals surface area contributed by atoms with E-state index in [-0.39, 0.29) is 36.9 Å². The first-order valence-corrected chi connectivity index (χ1v) is 12.1. The number of fused-ring (bicyclic) bond motifs is 1. The summed E-state index contributed by atoms with van der Waals surface area (Å²) in [5, 5.41) is 16.2. The number of benzene rings is 2. The van der Waals surface area contributed by atoms with E-state index >= 15 is 0 Å². The van der Waals surface area contributed by atoms with Gasteiger partial charge in [-0.05, 0) is 35.6 Å². The fourth-order valence-electron chi connectivity index (χ4n) is 4.53. The maximum Gasteiger partial charge on any atom is 0.322 e. The van der Waals surface area contributed by atoms with Crippen LogP contribution in [0.25, 0.3) is 10.8 Å². The number of nitrogens with one attached hydrogen (secondary N) is 2. The Balaban J connectivity index is 1.72. The molecule has 1 heterocycles. The second kappa shape index (κ2) is 12.9. The second-order valence-corrected chi connectivity index (χ2v) is 8.89. The highest BCUT2D eigenvalue weighted by Gasteiger charge is 2.30. The third-order valence-corrected chi connectivity index (χ3v) is 6.16. The molecular formula is C26H34N4O5. The van der Waals surface area contributed by atoms with Crippen molar-refractivity contribution in [3.63, 3.8) is 0 Å². The number of carbonyl (C=O) groups is 4. The van der Waals surface area contributed by atoms with Gasteiger partial charge in [-0.15, -0.1) is 0 Å². The lowest BCUT2D eigenvalue weighted by Crippen LogP contribution is -2.48. The van der Waals surface area contributed by atoms with Gasteiger partial charge in [-0.2, -0.15) is 0 Å². The van der Waals surface area contributed by atoms with E-state index < -0.39 is 12.5 Å². The van der Waals surface area contributed by atoms with Gasteiger partial charge in [-0.3, -0.25) is 24.1 Å². The van der Waals surface area contributed by atoms with Crippen molar-refractivity contribution in [2.24, 2.45) is 0 Å². The zero-order chi connectivity index (χ0) is 25.2. The van der Waals surface area contributed by atoms with E-state index in [0.29, 0.717) is 26.1 Å². The van der Waals surface area contributed by atoms with Gasteiger partial charge in [0.25, 0.3) is 0 Å².